The molecule has 1 aliphatic heterocycles. The molecule has 0 spiro atoms. The Morgan fingerprint density at radius 1 is 1.47 bits per heavy atom. The van der Waals surface area contributed by atoms with Gasteiger partial charge in [-0.3, -0.25) is 15.1 Å². The molecule has 2 heterocycles. The molecule has 0 radical (unpaired) electrons. The van der Waals surface area contributed by atoms with Crippen LogP contribution in [0.2, 0.25) is 0 Å². The van der Waals surface area contributed by atoms with Crippen LogP contribution in [-0.2, 0) is 0 Å². The molecular formula is C12H17N3O2. The Morgan fingerprint density at radius 2 is 2.24 bits per heavy atom. The largest absolute Gasteiger partial charge is 0.366 e. The van der Waals surface area contributed by atoms with E-state index in [4.69, 9.17) is 0 Å². The van der Waals surface area contributed by atoms with Crippen LogP contribution >= 0.6 is 0 Å². The molecule has 0 N–H and O–H groups in total. The zero-order chi connectivity index (χ0) is 12.4. The number of piperidine rings is 1. The molecule has 0 saturated carbocycles. The molecule has 0 aromatic carbocycles. The Balaban J connectivity index is 2.25. The molecule has 0 amide bonds. The van der Waals surface area contributed by atoms with Crippen LogP contribution in [0.15, 0.2) is 18.5 Å². The van der Waals surface area contributed by atoms with Crippen molar-refractivity contribution in [2.45, 2.75) is 20.3 Å². The molecule has 1 saturated heterocycles. The Morgan fingerprint density at radius 3 is 2.88 bits per heavy atom. The fourth-order valence-electron chi connectivity index (χ4n) is 2.27. The summed E-state index contributed by atoms with van der Waals surface area (Å²) in [7, 11) is 0. The van der Waals surface area contributed by atoms with Crippen molar-refractivity contribution in [2.75, 3.05) is 18.0 Å². The second kappa shape index (κ2) is 4.69. The molecule has 1 aromatic heterocycles. The molecule has 1 aromatic rings. The second-order valence-corrected chi connectivity index (χ2v) is 4.81. The molecule has 1 aliphatic rings. The molecule has 2 rings (SSSR count). The molecule has 92 valence electrons. The van der Waals surface area contributed by atoms with Gasteiger partial charge in [0.05, 0.1) is 4.92 Å². The molecule has 0 aliphatic carbocycles. The topological polar surface area (TPSA) is 59.3 Å². The number of anilines is 1. The third kappa shape index (κ3) is 2.38. The minimum absolute atomic E-state index is 0.106. The van der Waals surface area contributed by atoms with Gasteiger partial charge in [0.1, 0.15) is 11.9 Å². The summed E-state index contributed by atoms with van der Waals surface area (Å²) in [5.74, 6) is 1.25. The molecule has 1 fully saturated rings. The summed E-state index contributed by atoms with van der Waals surface area (Å²) in [6.45, 7) is 6.20. The van der Waals surface area contributed by atoms with Crippen molar-refractivity contribution >= 4 is 11.4 Å². The highest BCUT2D eigenvalue weighted by atomic mass is 16.6. The van der Waals surface area contributed by atoms with E-state index in [1.165, 1.54) is 6.20 Å². The number of pyridine rings is 1. The Hall–Kier alpha value is -1.65. The average Bonchev–Trinajstić information content (AvgIpc) is 2.32. The second-order valence-electron chi connectivity index (χ2n) is 4.81. The van der Waals surface area contributed by atoms with Crippen molar-refractivity contribution in [1.82, 2.24) is 4.98 Å². The lowest BCUT2D eigenvalue weighted by atomic mass is 9.88. The predicted molar refractivity (Wildman–Crippen MR) is 66.0 cm³/mol. The molecule has 2 unspecified atom stereocenters. The first kappa shape index (κ1) is 11.8. The lowest BCUT2D eigenvalue weighted by Crippen LogP contribution is -2.38. The van der Waals surface area contributed by atoms with E-state index in [0.29, 0.717) is 17.5 Å². The fourth-order valence-corrected chi connectivity index (χ4v) is 2.27. The van der Waals surface area contributed by atoms with Crippen LogP contribution in [0.5, 0.6) is 0 Å². The third-order valence-corrected chi connectivity index (χ3v) is 3.65. The fraction of sp³-hybridized carbons (Fsp3) is 0.583. The summed E-state index contributed by atoms with van der Waals surface area (Å²) in [4.78, 5) is 16.5. The maximum atomic E-state index is 10.9. The third-order valence-electron chi connectivity index (χ3n) is 3.65. The van der Waals surface area contributed by atoms with Gasteiger partial charge < -0.3 is 4.90 Å². The van der Waals surface area contributed by atoms with Crippen molar-refractivity contribution in [3.8, 4) is 0 Å². The van der Waals surface area contributed by atoms with Crippen LogP contribution in [0.3, 0.4) is 0 Å². The number of aromatic nitrogens is 1. The molecule has 17 heavy (non-hydrogen) atoms. The van der Waals surface area contributed by atoms with Crippen molar-refractivity contribution < 1.29 is 4.92 Å². The quantitative estimate of drug-likeness (QED) is 0.583. The average molecular weight is 235 g/mol. The van der Waals surface area contributed by atoms with Gasteiger partial charge in [-0.15, -0.1) is 0 Å². The monoisotopic (exact) mass is 235 g/mol. The number of nitrogens with zero attached hydrogens (tertiary/aromatic N) is 3. The lowest BCUT2D eigenvalue weighted by molar-refractivity contribution is -0.384. The van der Waals surface area contributed by atoms with Crippen LogP contribution in [0.4, 0.5) is 11.4 Å². The minimum atomic E-state index is -0.356. The summed E-state index contributed by atoms with van der Waals surface area (Å²) in [6, 6.07) is 1.74. The van der Waals surface area contributed by atoms with E-state index in [1.54, 1.807) is 12.3 Å². The van der Waals surface area contributed by atoms with Gasteiger partial charge in [0.2, 0.25) is 0 Å². The van der Waals surface area contributed by atoms with Gasteiger partial charge >= 0.3 is 5.69 Å². The van der Waals surface area contributed by atoms with Gasteiger partial charge in [-0.05, 0) is 24.3 Å². The summed E-state index contributed by atoms with van der Waals surface area (Å²) in [5, 5.41) is 10.9. The molecule has 0 bridgehead atoms. The van der Waals surface area contributed by atoms with Gasteiger partial charge in [0, 0.05) is 19.3 Å². The van der Waals surface area contributed by atoms with Gasteiger partial charge in [0.25, 0.3) is 0 Å². The number of rotatable bonds is 2. The lowest BCUT2D eigenvalue weighted by Gasteiger charge is -2.36. The zero-order valence-corrected chi connectivity index (χ0v) is 10.2. The first-order valence-electron chi connectivity index (χ1n) is 5.93. The van der Waals surface area contributed by atoms with Gasteiger partial charge in [-0.1, -0.05) is 13.8 Å². The van der Waals surface area contributed by atoms with Crippen molar-refractivity contribution in [3.63, 3.8) is 0 Å². The number of hydrogen-bond acceptors (Lipinski definition) is 4. The number of nitro groups is 1. The van der Waals surface area contributed by atoms with Crippen LogP contribution < -0.4 is 4.90 Å². The molecular weight excluding hydrogens is 218 g/mol. The van der Waals surface area contributed by atoms with E-state index in [1.807, 2.05) is 0 Å². The van der Waals surface area contributed by atoms with Gasteiger partial charge in [-0.25, -0.2) is 0 Å². The maximum absolute atomic E-state index is 10.9. The molecule has 2 atom stereocenters. The summed E-state index contributed by atoms with van der Waals surface area (Å²) >= 11 is 0. The first-order chi connectivity index (χ1) is 8.09. The van der Waals surface area contributed by atoms with Crippen LogP contribution in [-0.4, -0.2) is 23.0 Å². The summed E-state index contributed by atoms with van der Waals surface area (Å²) in [5.41, 5.74) is 0.804. The van der Waals surface area contributed by atoms with E-state index in [2.05, 4.69) is 23.7 Å². The van der Waals surface area contributed by atoms with E-state index in [0.717, 1.165) is 19.5 Å². The Labute approximate surface area is 101 Å². The Bertz CT molecular complexity index is 422. The molecule has 5 nitrogen and oxygen atoms in total. The predicted octanol–water partition coefficient (Wildman–Crippen LogP) is 2.47. The highest BCUT2D eigenvalue weighted by Crippen LogP contribution is 2.32. The van der Waals surface area contributed by atoms with Crippen molar-refractivity contribution in [3.05, 3.63) is 28.6 Å². The SMILES string of the molecule is CC1CCN(c2ccncc2[N+](=O)[O-])CC1C. The van der Waals surface area contributed by atoms with Crippen molar-refractivity contribution in [1.29, 1.82) is 0 Å². The zero-order valence-electron chi connectivity index (χ0n) is 10.2. The van der Waals surface area contributed by atoms with Gasteiger partial charge in [0.15, 0.2) is 0 Å². The highest BCUT2D eigenvalue weighted by Gasteiger charge is 2.26. The normalized spacial score (nSPS) is 24.7. The minimum Gasteiger partial charge on any atom is -0.366 e. The van der Waals surface area contributed by atoms with E-state index < -0.39 is 0 Å². The molecule has 5 heteroatoms. The Kier molecular flexibility index (Phi) is 3.26. The van der Waals surface area contributed by atoms with Crippen molar-refractivity contribution in [2.24, 2.45) is 11.8 Å². The van der Waals surface area contributed by atoms with E-state index in [-0.39, 0.29) is 10.6 Å². The standard InChI is InChI=1S/C12H17N3O2/c1-9-4-6-14(8-10(9)2)11-3-5-13-7-12(11)15(16)17/h3,5,7,9-10H,4,6,8H2,1-2H3. The first-order valence-corrected chi connectivity index (χ1v) is 5.93. The van der Waals surface area contributed by atoms with Crippen LogP contribution in [0, 0.1) is 22.0 Å². The van der Waals surface area contributed by atoms with E-state index in [9.17, 15) is 10.1 Å². The maximum Gasteiger partial charge on any atom is 0.310 e. The van der Waals surface area contributed by atoms with E-state index >= 15 is 0 Å². The van der Waals surface area contributed by atoms with Crippen LogP contribution in [0.25, 0.3) is 0 Å². The smallest absolute Gasteiger partial charge is 0.310 e. The highest BCUT2D eigenvalue weighted by molar-refractivity contribution is 5.61. The summed E-state index contributed by atoms with van der Waals surface area (Å²) in [6.07, 6.45) is 4.03. The summed E-state index contributed by atoms with van der Waals surface area (Å²) < 4.78 is 0. The van der Waals surface area contributed by atoms with Crippen LogP contribution in [0.1, 0.15) is 20.3 Å². The number of hydrogen-bond donors (Lipinski definition) is 0. The van der Waals surface area contributed by atoms with Gasteiger partial charge in [-0.2, -0.15) is 0 Å².